The SMILES string of the molecule is COCCN1C(=O)c2[nH]nc(-c3ccc(C)cc3)c2C1c1ccc(F)cc1. The van der Waals surface area contributed by atoms with Crippen LogP contribution in [-0.2, 0) is 4.74 Å². The van der Waals surface area contributed by atoms with Gasteiger partial charge in [0, 0.05) is 24.8 Å². The minimum Gasteiger partial charge on any atom is -0.383 e. The molecule has 0 saturated heterocycles. The van der Waals surface area contributed by atoms with Crippen LogP contribution in [0.2, 0.25) is 0 Å². The van der Waals surface area contributed by atoms with Crippen LogP contribution in [0.25, 0.3) is 11.3 Å². The van der Waals surface area contributed by atoms with Crippen LogP contribution in [0.1, 0.15) is 33.2 Å². The lowest BCUT2D eigenvalue weighted by Crippen LogP contribution is -2.32. The number of nitrogens with zero attached hydrogens (tertiary/aromatic N) is 2. The lowest BCUT2D eigenvalue weighted by atomic mass is 9.96. The second kappa shape index (κ2) is 6.96. The van der Waals surface area contributed by atoms with Gasteiger partial charge in [-0.2, -0.15) is 5.10 Å². The molecule has 138 valence electrons. The number of hydrogen-bond acceptors (Lipinski definition) is 3. The molecule has 0 radical (unpaired) electrons. The molecule has 2 aromatic carbocycles. The van der Waals surface area contributed by atoms with E-state index in [0.29, 0.717) is 18.8 Å². The monoisotopic (exact) mass is 365 g/mol. The van der Waals surface area contributed by atoms with Crippen molar-refractivity contribution in [3.05, 3.63) is 76.7 Å². The Labute approximate surface area is 156 Å². The maximum Gasteiger partial charge on any atom is 0.273 e. The molecule has 3 aromatic rings. The minimum absolute atomic E-state index is 0.123. The summed E-state index contributed by atoms with van der Waals surface area (Å²) in [7, 11) is 1.60. The first kappa shape index (κ1) is 17.4. The Balaban J connectivity index is 1.84. The van der Waals surface area contributed by atoms with Crippen LogP contribution in [0.15, 0.2) is 48.5 Å². The van der Waals surface area contributed by atoms with E-state index in [9.17, 15) is 9.18 Å². The van der Waals surface area contributed by atoms with Crippen LogP contribution in [0.5, 0.6) is 0 Å². The van der Waals surface area contributed by atoms with Gasteiger partial charge in [-0.1, -0.05) is 42.0 Å². The molecule has 5 nitrogen and oxygen atoms in total. The molecule has 0 aliphatic carbocycles. The lowest BCUT2D eigenvalue weighted by molar-refractivity contribution is 0.0677. The van der Waals surface area contributed by atoms with E-state index in [2.05, 4.69) is 10.2 Å². The molecule has 0 spiro atoms. The summed E-state index contributed by atoms with van der Waals surface area (Å²) in [5, 5.41) is 7.33. The van der Waals surface area contributed by atoms with Crippen molar-refractivity contribution in [3.63, 3.8) is 0 Å². The number of amides is 1. The molecule has 1 aromatic heterocycles. The molecule has 1 aliphatic rings. The van der Waals surface area contributed by atoms with E-state index < -0.39 is 0 Å². The molecule has 1 aliphatic heterocycles. The summed E-state index contributed by atoms with van der Waals surface area (Å²) in [5.74, 6) is -0.431. The van der Waals surface area contributed by atoms with Gasteiger partial charge in [-0.25, -0.2) is 4.39 Å². The minimum atomic E-state index is -0.335. The van der Waals surface area contributed by atoms with Crippen molar-refractivity contribution in [3.8, 4) is 11.3 Å². The van der Waals surface area contributed by atoms with Gasteiger partial charge in [0.1, 0.15) is 11.5 Å². The fraction of sp³-hybridized carbons (Fsp3) is 0.238. The Hall–Kier alpha value is -2.99. The molecular formula is C21H20FN3O2. The third-order valence-electron chi connectivity index (χ3n) is 4.91. The van der Waals surface area contributed by atoms with Gasteiger partial charge in [-0.3, -0.25) is 9.89 Å². The first-order valence-corrected chi connectivity index (χ1v) is 8.81. The lowest BCUT2D eigenvalue weighted by Gasteiger charge is -2.26. The van der Waals surface area contributed by atoms with Crippen LogP contribution in [-0.4, -0.2) is 41.3 Å². The second-order valence-corrected chi connectivity index (χ2v) is 6.67. The van der Waals surface area contributed by atoms with Gasteiger partial charge < -0.3 is 9.64 Å². The van der Waals surface area contributed by atoms with Crippen molar-refractivity contribution in [1.29, 1.82) is 0 Å². The van der Waals surface area contributed by atoms with Crippen LogP contribution < -0.4 is 0 Å². The topological polar surface area (TPSA) is 58.2 Å². The number of benzene rings is 2. The van der Waals surface area contributed by atoms with E-state index in [0.717, 1.165) is 27.9 Å². The molecule has 4 rings (SSSR count). The highest BCUT2D eigenvalue weighted by atomic mass is 19.1. The van der Waals surface area contributed by atoms with E-state index in [1.54, 1.807) is 24.1 Å². The zero-order valence-corrected chi connectivity index (χ0v) is 15.2. The zero-order chi connectivity index (χ0) is 19.0. The summed E-state index contributed by atoms with van der Waals surface area (Å²) in [6.45, 7) is 2.88. The number of nitrogens with one attached hydrogen (secondary N) is 1. The number of H-pyrrole nitrogens is 1. The van der Waals surface area contributed by atoms with E-state index in [1.807, 2.05) is 31.2 Å². The number of aryl methyl sites for hydroxylation is 1. The summed E-state index contributed by atoms with van der Waals surface area (Å²) in [4.78, 5) is 14.7. The molecule has 1 unspecified atom stereocenters. The molecule has 1 amide bonds. The summed E-state index contributed by atoms with van der Waals surface area (Å²) in [5.41, 5.74) is 4.98. The number of aromatic amines is 1. The Morgan fingerprint density at radius 2 is 1.85 bits per heavy atom. The van der Waals surface area contributed by atoms with Crippen LogP contribution in [0.3, 0.4) is 0 Å². The van der Waals surface area contributed by atoms with Crippen molar-refractivity contribution in [2.24, 2.45) is 0 Å². The van der Waals surface area contributed by atoms with Crippen LogP contribution in [0, 0.1) is 12.7 Å². The number of ether oxygens (including phenoxy) is 1. The van der Waals surface area contributed by atoms with Crippen molar-refractivity contribution in [2.75, 3.05) is 20.3 Å². The van der Waals surface area contributed by atoms with E-state index >= 15 is 0 Å². The third kappa shape index (κ3) is 3.02. The standard InChI is InChI=1S/C21H20FN3O2/c1-13-3-5-14(6-4-13)18-17-19(24-23-18)21(26)25(11-12-27-2)20(17)15-7-9-16(22)10-8-15/h3-10,20H,11-12H2,1-2H3,(H,23,24). The highest BCUT2D eigenvalue weighted by Crippen LogP contribution is 2.42. The molecule has 0 bridgehead atoms. The first-order valence-electron chi connectivity index (χ1n) is 8.81. The first-order chi connectivity index (χ1) is 13.1. The van der Waals surface area contributed by atoms with E-state index in [-0.39, 0.29) is 17.8 Å². The molecule has 6 heteroatoms. The van der Waals surface area contributed by atoms with E-state index in [1.165, 1.54) is 12.1 Å². The highest BCUT2D eigenvalue weighted by molar-refractivity contribution is 6.00. The number of rotatable bonds is 5. The molecule has 0 saturated carbocycles. The average molecular weight is 365 g/mol. The number of halogens is 1. The van der Waals surface area contributed by atoms with Crippen LogP contribution >= 0.6 is 0 Å². The van der Waals surface area contributed by atoms with Crippen molar-refractivity contribution >= 4 is 5.91 Å². The quantitative estimate of drug-likeness (QED) is 0.750. The van der Waals surface area contributed by atoms with E-state index in [4.69, 9.17) is 4.74 Å². The number of carbonyl (C=O) groups is 1. The van der Waals surface area contributed by atoms with Gasteiger partial charge in [-0.15, -0.1) is 0 Å². The number of methoxy groups -OCH3 is 1. The Bertz CT molecular complexity index is 964. The normalized spacial score (nSPS) is 16.0. The molecular weight excluding hydrogens is 345 g/mol. The summed E-state index contributed by atoms with van der Waals surface area (Å²) in [6, 6.07) is 14.0. The highest BCUT2D eigenvalue weighted by Gasteiger charge is 2.41. The largest absolute Gasteiger partial charge is 0.383 e. The summed E-state index contributed by atoms with van der Waals surface area (Å²) >= 11 is 0. The molecule has 27 heavy (non-hydrogen) atoms. The number of aromatic nitrogens is 2. The molecule has 1 atom stereocenters. The van der Waals surface area contributed by atoms with Gasteiger partial charge in [0.05, 0.1) is 18.3 Å². The van der Waals surface area contributed by atoms with Gasteiger partial charge in [-0.05, 0) is 24.6 Å². The fourth-order valence-electron chi connectivity index (χ4n) is 3.54. The Morgan fingerprint density at radius 1 is 1.15 bits per heavy atom. The average Bonchev–Trinajstić information content (AvgIpc) is 3.21. The predicted octanol–water partition coefficient (Wildman–Crippen LogP) is 3.72. The smallest absolute Gasteiger partial charge is 0.273 e. The van der Waals surface area contributed by atoms with Crippen molar-refractivity contribution in [1.82, 2.24) is 15.1 Å². The Morgan fingerprint density at radius 3 is 2.52 bits per heavy atom. The number of carbonyl (C=O) groups excluding carboxylic acids is 1. The van der Waals surface area contributed by atoms with Crippen molar-refractivity contribution < 1.29 is 13.9 Å². The van der Waals surface area contributed by atoms with Gasteiger partial charge in [0.25, 0.3) is 5.91 Å². The Kier molecular flexibility index (Phi) is 4.49. The van der Waals surface area contributed by atoms with Crippen molar-refractivity contribution in [2.45, 2.75) is 13.0 Å². The van der Waals surface area contributed by atoms with Gasteiger partial charge in [0.15, 0.2) is 0 Å². The maximum atomic E-state index is 13.4. The van der Waals surface area contributed by atoms with Gasteiger partial charge in [0.2, 0.25) is 0 Å². The third-order valence-corrected chi connectivity index (χ3v) is 4.91. The maximum absolute atomic E-state index is 13.4. The molecule has 1 N–H and O–H groups in total. The molecule has 2 heterocycles. The zero-order valence-electron chi connectivity index (χ0n) is 15.2. The second-order valence-electron chi connectivity index (χ2n) is 6.67. The number of hydrogen-bond donors (Lipinski definition) is 1. The fourth-order valence-corrected chi connectivity index (χ4v) is 3.54. The molecule has 0 fully saturated rings. The van der Waals surface area contributed by atoms with Gasteiger partial charge >= 0.3 is 0 Å². The van der Waals surface area contributed by atoms with Crippen LogP contribution in [0.4, 0.5) is 4.39 Å². The summed E-state index contributed by atoms with van der Waals surface area (Å²) in [6.07, 6.45) is 0. The number of fused-ring (bicyclic) bond motifs is 1. The predicted molar refractivity (Wildman–Crippen MR) is 99.9 cm³/mol. The summed E-state index contributed by atoms with van der Waals surface area (Å²) < 4.78 is 18.6.